The summed E-state index contributed by atoms with van der Waals surface area (Å²) in [6.45, 7) is 3.72. The van der Waals surface area contributed by atoms with Crippen LogP contribution >= 0.6 is 0 Å². The molecule has 0 aromatic heterocycles. The lowest BCUT2D eigenvalue weighted by Gasteiger charge is -2.20. The predicted octanol–water partition coefficient (Wildman–Crippen LogP) is 0.798. The van der Waals surface area contributed by atoms with Crippen molar-refractivity contribution in [3.8, 4) is 0 Å². The van der Waals surface area contributed by atoms with Crippen LogP contribution in [0.1, 0.15) is 25.3 Å². The Labute approximate surface area is 113 Å². The van der Waals surface area contributed by atoms with Gasteiger partial charge in [-0.25, -0.2) is 13.6 Å². The van der Waals surface area contributed by atoms with Gasteiger partial charge in [0.25, 0.3) is 0 Å². The second-order valence-electron chi connectivity index (χ2n) is 4.50. The highest BCUT2D eigenvalue weighted by molar-refractivity contribution is 7.89. The van der Waals surface area contributed by atoms with Gasteiger partial charge in [-0.15, -0.1) is 0 Å². The van der Waals surface area contributed by atoms with Gasteiger partial charge in [0, 0.05) is 24.0 Å². The molecule has 1 aromatic rings. The molecule has 0 fully saturated rings. The molecule has 0 aliphatic rings. The summed E-state index contributed by atoms with van der Waals surface area (Å²) in [7, 11) is -3.80. The first kappa shape index (κ1) is 15.7. The minimum absolute atomic E-state index is 0.0221. The van der Waals surface area contributed by atoms with Gasteiger partial charge < -0.3 is 16.2 Å². The molecular formula is C12H21N3O3S. The lowest BCUT2D eigenvalue weighted by atomic mass is 10.1. The van der Waals surface area contributed by atoms with Crippen molar-refractivity contribution in [1.82, 2.24) is 0 Å². The molecule has 108 valence electrons. The summed E-state index contributed by atoms with van der Waals surface area (Å²) in [5.74, 6) is 0. The molecular weight excluding hydrogens is 266 g/mol. The minimum atomic E-state index is -3.80. The van der Waals surface area contributed by atoms with Crippen molar-refractivity contribution in [2.24, 2.45) is 5.14 Å². The SMILES string of the molecule is CCC(CCO)Nc1cc(N)cc(S(N)(=O)=O)c1C. The zero-order valence-corrected chi connectivity index (χ0v) is 12.0. The molecule has 19 heavy (non-hydrogen) atoms. The lowest BCUT2D eigenvalue weighted by Crippen LogP contribution is -2.22. The number of nitrogen functional groups attached to an aromatic ring is 1. The van der Waals surface area contributed by atoms with Crippen LogP contribution in [0, 0.1) is 6.92 Å². The summed E-state index contributed by atoms with van der Waals surface area (Å²) in [6.07, 6.45) is 1.38. The summed E-state index contributed by atoms with van der Waals surface area (Å²) in [4.78, 5) is 0.0221. The highest BCUT2D eigenvalue weighted by Crippen LogP contribution is 2.27. The largest absolute Gasteiger partial charge is 0.399 e. The van der Waals surface area contributed by atoms with Gasteiger partial charge in [-0.2, -0.15) is 0 Å². The summed E-state index contributed by atoms with van der Waals surface area (Å²) >= 11 is 0. The van der Waals surface area contributed by atoms with E-state index in [9.17, 15) is 8.42 Å². The Morgan fingerprint density at radius 2 is 2.05 bits per heavy atom. The Kier molecular flexibility index (Phi) is 5.16. The van der Waals surface area contributed by atoms with Crippen LogP contribution in [-0.4, -0.2) is 26.2 Å². The average Bonchev–Trinajstić information content (AvgIpc) is 2.31. The van der Waals surface area contributed by atoms with E-state index < -0.39 is 10.0 Å². The van der Waals surface area contributed by atoms with Crippen molar-refractivity contribution in [1.29, 1.82) is 0 Å². The molecule has 0 amide bonds. The van der Waals surface area contributed by atoms with E-state index in [0.29, 0.717) is 23.4 Å². The maximum atomic E-state index is 11.5. The molecule has 1 atom stereocenters. The molecule has 0 heterocycles. The maximum absolute atomic E-state index is 11.5. The van der Waals surface area contributed by atoms with Gasteiger partial charge in [0.15, 0.2) is 0 Å². The van der Waals surface area contributed by atoms with E-state index in [2.05, 4.69) is 5.32 Å². The molecule has 7 heteroatoms. The third-order valence-electron chi connectivity index (χ3n) is 3.02. The molecule has 1 unspecified atom stereocenters. The predicted molar refractivity (Wildman–Crippen MR) is 76.4 cm³/mol. The molecule has 6 N–H and O–H groups in total. The fourth-order valence-corrected chi connectivity index (χ4v) is 2.75. The van der Waals surface area contributed by atoms with E-state index in [1.54, 1.807) is 13.0 Å². The number of nitrogens with one attached hydrogen (secondary N) is 1. The van der Waals surface area contributed by atoms with Crippen molar-refractivity contribution in [3.63, 3.8) is 0 Å². The number of primary sulfonamides is 1. The maximum Gasteiger partial charge on any atom is 0.238 e. The van der Waals surface area contributed by atoms with Crippen LogP contribution in [0.15, 0.2) is 17.0 Å². The Hall–Kier alpha value is -1.31. The second kappa shape index (κ2) is 6.23. The quantitative estimate of drug-likeness (QED) is 0.577. The Morgan fingerprint density at radius 1 is 1.42 bits per heavy atom. The number of hydrogen-bond acceptors (Lipinski definition) is 5. The fraction of sp³-hybridized carbons (Fsp3) is 0.500. The third kappa shape index (κ3) is 4.09. The highest BCUT2D eigenvalue weighted by atomic mass is 32.2. The number of aliphatic hydroxyl groups excluding tert-OH is 1. The summed E-state index contributed by atoms with van der Waals surface area (Å²) in [6, 6.07) is 3.08. The van der Waals surface area contributed by atoms with Crippen molar-refractivity contribution >= 4 is 21.4 Å². The number of aliphatic hydroxyl groups is 1. The van der Waals surface area contributed by atoms with E-state index in [1.165, 1.54) is 6.07 Å². The molecule has 0 spiro atoms. The number of anilines is 2. The molecule has 0 bridgehead atoms. The van der Waals surface area contributed by atoms with Gasteiger partial charge in [-0.3, -0.25) is 0 Å². The first-order chi connectivity index (χ1) is 8.79. The normalized spacial score (nSPS) is 13.3. The molecule has 0 aliphatic carbocycles. The van der Waals surface area contributed by atoms with Gasteiger partial charge >= 0.3 is 0 Å². The number of hydrogen-bond donors (Lipinski definition) is 4. The third-order valence-corrected chi connectivity index (χ3v) is 4.06. The number of benzene rings is 1. The van der Waals surface area contributed by atoms with Crippen LogP contribution in [-0.2, 0) is 10.0 Å². The smallest absolute Gasteiger partial charge is 0.238 e. The van der Waals surface area contributed by atoms with Crippen LogP contribution in [0.25, 0.3) is 0 Å². The van der Waals surface area contributed by atoms with Crippen molar-refractivity contribution < 1.29 is 13.5 Å². The average molecular weight is 287 g/mol. The van der Waals surface area contributed by atoms with Gasteiger partial charge in [0.2, 0.25) is 10.0 Å². The van der Waals surface area contributed by atoms with Gasteiger partial charge in [0.1, 0.15) is 0 Å². The summed E-state index contributed by atoms with van der Waals surface area (Å²) in [5.41, 5.74) is 7.20. The van der Waals surface area contributed by atoms with E-state index in [4.69, 9.17) is 16.0 Å². The van der Waals surface area contributed by atoms with E-state index in [-0.39, 0.29) is 17.5 Å². The molecule has 6 nitrogen and oxygen atoms in total. The van der Waals surface area contributed by atoms with E-state index in [1.807, 2.05) is 6.92 Å². The van der Waals surface area contributed by atoms with E-state index >= 15 is 0 Å². The van der Waals surface area contributed by atoms with Crippen LogP contribution < -0.4 is 16.2 Å². The van der Waals surface area contributed by atoms with Crippen LogP contribution in [0.2, 0.25) is 0 Å². The minimum Gasteiger partial charge on any atom is -0.399 e. The molecule has 0 saturated heterocycles. The lowest BCUT2D eigenvalue weighted by molar-refractivity contribution is 0.278. The van der Waals surface area contributed by atoms with Crippen molar-refractivity contribution in [2.45, 2.75) is 37.6 Å². The van der Waals surface area contributed by atoms with E-state index in [0.717, 1.165) is 6.42 Å². The molecule has 1 aromatic carbocycles. The second-order valence-corrected chi connectivity index (χ2v) is 6.03. The summed E-state index contributed by atoms with van der Waals surface area (Å²) in [5, 5.41) is 17.3. The standard InChI is InChI=1S/C12H21N3O3S/c1-3-10(4-5-16)15-11-6-9(13)7-12(8(11)2)19(14,17)18/h6-7,10,15-16H,3-5,13H2,1-2H3,(H2,14,17,18). The molecule has 0 saturated carbocycles. The Balaban J connectivity index is 3.18. The van der Waals surface area contributed by atoms with Crippen LogP contribution in [0.4, 0.5) is 11.4 Å². The Morgan fingerprint density at radius 3 is 2.53 bits per heavy atom. The first-order valence-electron chi connectivity index (χ1n) is 6.10. The number of sulfonamides is 1. The highest BCUT2D eigenvalue weighted by Gasteiger charge is 2.17. The monoisotopic (exact) mass is 287 g/mol. The zero-order chi connectivity index (χ0) is 14.6. The topological polar surface area (TPSA) is 118 Å². The summed E-state index contributed by atoms with van der Waals surface area (Å²) < 4.78 is 23.0. The van der Waals surface area contributed by atoms with Gasteiger partial charge in [0.05, 0.1) is 4.90 Å². The van der Waals surface area contributed by atoms with Crippen LogP contribution in [0.3, 0.4) is 0 Å². The van der Waals surface area contributed by atoms with Crippen molar-refractivity contribution in [3.05, 3.63) is 17.7 Å². The van der Waals surface area contributed by atoms with Gasteiger partial charge in [-0.05, 0) is 37.5 Å². The van der Waals surface area contributed by atoms with Crippen molar-refractivity contribution in [2.75, 3.05) is 17.7 Å². The first-order valence-corrected chi connectivity index (χ1v) is 7.64. The fourth-order valence-electron chi connectivity index (χ4n) is 1.91. The molecule has 0 radical (unpaired) electrons. The molecule has 0 aliphatic heterocycles. The Bertz CT molecular complexity index is 543. The molecule has 1 rings (SSSR count). The van der Waals surface area contributed by atoms with Gasteiger partial charge in [-0.1, -0.05) is 6.92 Å². The number of nitrogens with two attached hydrogens (primary N) is 2. The van der Waals surface area contributed by atoms with Crippen LogP contribution in [0.5, 0.6) is 0 Å². The zero-order valence-electron chi connectivity index (χ0n) is 11.2. The number of rotatable bonds is 6.